The van der Waals surface area contributed by atoms with Crippen molar-refractivity contribution >= 4 is 29.1 Å². The summed E-state index contributed by atoms with van der Waals surface area (Å²) < 4.78 is 26.6. The molecule has 2 heterocycles. The Kier molecular flexibility index (Phi) is 6.96. The normalized spacial score (nSPS) is 23.3. The Morgan fingerprint density at radius 1 is 1.11 bits per heavy atom. The Bertz CT molecular complexity index is 1320. The van der Waals surface area contributed by atoms with E-state index in [0.717, 1.165) is 19.0 Å². The molecule has 3 aromatic rings. The van der Waals surface area contributed by atoms with E-state index in [4.69, 9.17) is 11.6 Å². The number of alkyl halides is 2. The molecule has 2 aliphatic rings. The molecule has 9 heteroatoms. The number of anilines is 1. The van der Waals surface area contributed by atoms with Gasteiger partial charge in [0.15, 0.2) is 5.60 Å². The third-order valence-corrected chi connectivity index (χ3v) is 7.50. The summed E-state index contributed by atoms with van der Waals surface area (Å²) in [5.74, 6) is -0.832. The second-order valence-corrected chi connectivity index (χ2v) is 10.0. The highest BCUT2D eigenvalue weighted by Crippen LogP contribution is 2.45. The number of amides is 2. The first-order valence-electron chi connectivity index (χ1n) is 12.2. The van der Waals surface area contributed by atoms with Gasteiger partial charge in [-0.15, -0.1) is 0 Å². The van der Waals surface area contributed by atoms with Crippen molar-refractivity contribution in [1.82, 2.24) is 10.3 Å². The van der Waals surface area contributed by atoms with Gasteiger partial charge in [-0.25, -0.2) is 8.78 Å². The molecule has 1 atom stereocenters. The predicted molar refractivity (Wildman–Crippen MR) is 136 cm³/mol. The molecule has 1 aromatic heterocycles. The summed E-state index contributed by atoms with van der Waals surface area (Å²) in [6, 6.07) is 17.2. The van der Waals surface area contributed by atoms with Crippen molar-refractivity contribution in [2.45, 2.75) is 43.8 Å². The van der Waals surface area contributed by atoms with Crippen LogP contribution in [0.5, 0.6) is 0 Å². The van der Waals surface area contributed by atoms with E-state index in [1.165, 1.54) is 6.07 Å². The van der Waals surface area contributed by atoms with E-state index in [2.05, 4.69) is 10.3 Å². The second-order valence-electron chi connectivity index (χ2n) is 9.59. The average Bonchev–Trinajstić information content (AvgIpc) is 3.12. The summed E-state index contributed by atoms with van der Waals surface area (Å²) in [6.45, 7) is 0.444. The van der Waals surface area contributed by atoms with Crippen LogP contribution in [0.25, 0.3) is 0 Å². The summed E-state index contributed by atoms with van der Waals surface area (Å²) in [5, 5.41) is 14.6. The van der Waals surface area contributed by atoms with Gasteiger partial charge in [0.05, 0.1) is 16.3 Å². The lowest BCUT2D eigenvalue weighted by Gasteiger charge is -2.32. The third kappa shape index (κ3) is 4.71. The number of hydrogen-bond acceptors (Lipinski definition) is 4. The molecule has 1 saturated carbocycles. The van der Waals surface area contributed by atoms with Gasteiger partial charge in [-0.3, -0.25) is 14.6 Å². The van der Waals surface area contributed by atoms with Gasteiger partial charge < -0.3 is 15.3 Å². The third-order valence-electron chi connectivity index (χ3n) is 7.29. The van der Waals surface area contributed by atoms with Gasteiger partial charge >= 0.3 is 0 Å². The van der Waals surface area contributed by atoms with Gasteiger partial charge in [0, 0.05) is 24.3 Å². The summed E-state index contributed by atoms with van der Waals surface area (Å²) >= 11 is 5.88. The van der Waals surface area contributed by atoms with Gasteiger partial charge in [-0.2, -0.15) is 0 Å². The van der Waals surface area contributed by atoms with Crippen LogP contribution in [0.1, 0.15) is 59.3 Å². The summed E-state index contributed by atoms with van der Waals surface area (Å²) in [6.07, 6.45) is 0.958. The molecule has 2 amide bonds. The second kappa shape index (κ2) is 10.2. The lowest BCUT2D eigenvalue weighted by atomic mass is 9.85. The average molecular weight is 526 g/mol. The number of carbonyl (C=O) groups is 2. The topological polar surface area (TPSA) is 82.5 Å². The smallest absolute Gasteiger partial charge is 0.281 e. The zero-order chi connectivity index (χ0) is 26.2. The fourth-order valence-electron chi connectivity index (χ4n) is 5.39. The number of benzene rings is 2. The molecule has 5 rings (SSSR count). The summed E-state index contributed by atoms with van der Waals surface area (Å²) in [4.78, 5) is 31.6. The van der Waals surface area contributed by atoms with E-state index in [1.807, 2.05) is 24.3 Å². The van der Waals surface area contributed by atoms with E-state index in [0.29, 0.717) is 36.2 Å². The van der Waals surface area contributed by atoms with Crippen molar-refractivity contribution in [1.29, 1.82) is 0 Å². The van der Waals surface area contributed by atoms with E-state index < -0.39 is 23.6 Å². The Morgan fingerprint density at radius 2 is 1.78 bits per heavy atom. The van der Waals surface area contributed by atoms with Crippen LogP contribution >= 0.6 is 11.6 Å². The molecule has 0 spiro atoms. The number of pyridine rings is 1. The van der Waals surface area contributed by atoms with Gasteiger partial charge in [-0.1, -0.05) is 60.1 Å². The number of halogens is 3. The molecule has 37 heavy (non-hydrogen) atoms. The summed E-state index contributed by atoms with van der Waals surface area (Å²) in [7, 11) is 0. The number of fused-ring (bicyclic) bond motifs is 1. The van der Waals surface area contributed by atoms with Crippen LogP contribution in [-0.2, 0) is 10.4 Å². The van der Waals surface area contributed by atoms with Gasteiger partial charge in [0.2, 0.25) is 0 Å². The van der Waals surface area contributed by atoms with Crippen LogP contribution in [-0.4, -0.2) is 34.5 Å². The molecule has 1 unspecified atom stereocenters. The number of rotatable bonds is 6. The molecule has 6 nitrogen and oxygen atoms in total. The molecule has 1 fully saturated rings. The molecular formula is C28H26ClF2N3O3. The molecular weight excluding hydrogens is 500 g/mol. The number of nitrogens with zero attached hydrogens (tertiary/aromatic N) is 2. The number of nitrogens with one attached hydrogen (secondary N) is 1. The molecule has 2 aromatic carbocycles. The van der Waals surface area contributed by atoms with Crippen LogP contribution in [0.4, 0.5) is 14.5 Å². The lowest BCUT2D eigenvalue weighted by Crippen LogP contribution is -2.44. The maximum atomic E-state index is 13.6. The molecule has 0 radical (unpaired) electrons. The van der Waals surface area contributed by atoms with E-state index >= 15 is 0 Å². The first kappa shape index (κ1) is 25.3. The molecule has 2 N–H and O–H groups in total. The van der Waals surface area contributed by atoms with Crippen molar-refractivity contribution in [3.05, 3.63) is 94.3 Å². The Morgan fingerprint density at radius 3 is 2.49 bits per heavy atom. The summed E-state index contributed by atoms with van der Waals surface area (Å²) in [5.41, 5.74) is -0.757. The number of aliphatic hydroxyl groups is 1. The minimum Gasteiger partial charge on any atom is -0.372 e. The van der Waals surface area contributed by atoms with Crippen molar-refractivity contribution in [3.8, 4) is 0 Å². The molecule has 0 saturated heterocycles. The Hall–Kier alpha value is -3.36. The molecule has 1 aliphatic heterocycles. The van der Waals surface area contributed by atoms with Gasteiger partial charge in [-0.05, 0) is 49.3 Å². The van der Waals surface area contributed by atoms with E-state index in [9.17, 15) is 23.5 Å². The number of hydrogen-bond donors (Lipinski definition) is 2. The van der Waals surface area contributed by atoms with E-state index in [1.54, 1.807) is 35.2 Å². The number of aromatic nitrogens is 1. The Labute approximate surface area is 218 Å². The highest BCUT2D eigenvalue weighted by molar-refractivity contribution is 6.30. The molecule has 0 bridgehead atoms. The quantitative estimate of drug-likeness (QED) is 0.461. The van der Waals surface area contributed by atoms with Crippen LogP contribution in [0.2, 0.25) is 5.02 Å². The maximum Gasteiger partial charge on any atom is 0.281 e. The van der Waals surface area contributed by atoms with Crippen molar-refractivity contribution < 1.29 is 23.5 Å². The van der Waals surface area contributed by atoms with Crippen LogP contribution in [0.3, 0.4) is 0 Å². The molecule has 192 valence electrons. The number of para-hydroxylation sites is 1. The molecule has 1 aliphatic carbocycles. The van der Waals surface area contributed by atoms with E-state index in [-0.39, 0.29) is 28.5 Å². The van der Waals surface area contributed by atoms with Crippen LogP contribution in [0.15, 0.2) is 66.9 Å². The predicted octanol–water partition coefficient (Wildman–Crippen LogP) is 5.24. The van der Waals surface area contributed by atoms with Crippen molar-refractivity contribution in [2.24, 2.45) is 5.92 Å². The minimum absolute atomic E-state index is 0.115. The largest absolute Gasteiger partial charge is 0.372 e. The highest BCUT2D eigenvalue weighted by atomic mass is 35.5. The first-order chi connectivity index (χ1) is 17.8. The zero-order valence-corrected chi connectivity index (χ0v) is 20.7. The van der Waals surface area contributed by atoms with Gasteiger partial charge in [0.25, 0.3) is 18.2 Å². The minimum atomic E-state index is -2.89. The standard InChI is InChI=1S/C28H26ClF2N3O3/c29-19-14-21(24(25(30)31)32-15-19)26(35)33-20-12-10-17(11-13-20)16-34-23-9-5-4-8-22(23)28(37,27(34)36)18-6-2-1-3-7-18/h1-9,14-15,17,20,25,37H,10-13,16H2,(H,33,35). The first-order valence-corrected chi connectivity index (χ1v) is 12.6. The van der Waals surface area contributed by atoms with Gasteiger partial charge in [0.1, 0.15) is 5.69 Å². The van der Waals surface area contributed by atoms with Crippen molar-refractivity contribution in [3.63, 3.8) is 0 Å². The van der Waals surface area contributed by atoms with Crippen LogP contribution in [0, 0.1) is 5.92 Å². The monoisotopic (exact) mass is 525 g/mol. The lowest BCUT2D eigenvalue weighted by molar-refractivity contribution is -0.132. The number of carbonyl (C=O) groups excluding carboxylic acids is 2. The fourth-order valence-corrected chi connectivity index (χ4v) is 5.55. The maximum absolute atomic E-state index is 13.6. The SMILES string of the molecule is O=C(NC1CCC(CN2C(=O)C(O)(c3ccccc3)c3ccccc32)CC1)c1cc(Cl)cnc1C(F)F. The van der Waals surface area contributed by atoms with Crippen LogP contribution < -0.4 is 10.2 Å². The Balaban J connectivity index is 1.26. The van der Waals surface area contributed by atoms with Crippen molar-refractivity contribution in [2.75, 3.05) is 11.4 Å². The fraction of sp³-hybridized carbons (Fsp3) is 0.321. The zero-order valence-electron chi connectivity index (χ0n) is 19.9. The highest BCUT2D eigenvalue weighted by Gasteiger charge is 2.51.